The van der Waals surface area contributed by atoms with E-state index < -0.39 is 11.9 Å². The maximum absolute atomic E-state index is 11.4. The maximum Gasteiger partial charge on any atom is 0.311 e. The van der Waals surface area contributed by atoms with Gasteiger partial charge in [-0.05, 0) is 42.0 Å². The van der Waals surface area contributed by atoms with Crippen LogP contribution in [-0.4, -0.2) is 11.1 Å². The van der Waals surface area contributed by atoms with Crippen molar-refractivity contribution in [3.05, 3.63) is 56.7 Å². The predicted octanol–water partition coefficient (Wildman–Crippen LogP) is 4.12. The van der Waals surface area contributed by atoms with Crippen LogP contribution >= 0.6 is 22.9 Å². The number of carboxylic acids is 1. The van der Waals surface area contributed by atoms with Gasteiger partial charge >= 0.3 is 5.97 Å². The third-order valence-electron chi connectivity index (χ3n) is 2.88. The second-order valence-electron chi connectivity index (χ2n) is 4.18. The molecule has 2 rings (SSSR count). The summed E-state index contributed by atoms with van der Waals surface area (Å²) in [6.07, 6.45) is 0.506. The highest BCUT2D eigenvalue weighted by Crippen LogP contribution is 2.27. The molecule has 0 saturated heterocycles. The van der Waals surface area contributed by atoms with Crippen molar-refractivity contribution in [1.29, 1.82) is 0 Å². The molecule has 0 saturated carbocycles. The summed E-state index contributed by atoms with van der Waals surface area (Å²) in [7, 11) is 0. The molecule has 0 radical (unpaired) electrons. The number of carbonyl (C=O) groups is 1. The van der Waals surface area contributed by atoms with Crippen LogP contribution in [0.3, 0.4) is 0 Å². The first-order valence-electron chi connectivity index (χ1n) is 5.59. The van der Waals surface area contributed by atoms with E-state index in [1.807, 2.05) is 36.6 Å². The molecule has 94 valence electrons. The van der Waals surface area contributed by atoms with E-state index >= 15 is 0 Å². The zero-order valence-corrected chi connectivity index (χ0v) is 11.5. The normalized spacial score (nSPS) is 12.3. The largest absolute Gasteiger partial charge is 0.481 e. The van der Waals surface area contributed by atoms with Crippen LogP contribution in [0.25, 0.3) is 0 Å². The van der Waals surface area contributed by atoms with Gasteiger partial charge in [0.25, 0.3) is 0 Å². The minimum absolute atomic E-state index is 0.506. The lowest BCUT2D eigenvalue weighted by molar-refractivity contribution is -0.138. The summed E-state index contributed by atoms with van der Waals surface area (Å²) in [5.74, 6) is -1.36. The lowest BCUT2D eigenvalue weighted by Crippen LogP contribution is -2.14. The molecule has 1 aromatic heterocycles. The Bertz CT molecular complexity index is 549. The molecular weight excluding hydrogens is 268 g/mol. The molecular formula is C14H13ClO2S. The second-order valence-corrected chi connectivity index (χ2v) is 5.62. The third-order valence-corrected chi connectivity index (χ3v) is 4.19. The topological polar surface area (TPSA) is 37.3 Å². The fraction of sp³-hybridized carbons (Fsp3) is 0.214. The number of halogens is 1. The van der Waals surface area contributed by atoms with E-state index in [1.54, 1.807) is 17.4 Å². The Kier molecular flexibility index (Phi) is 4.04. The van der Waals surface area contributed by atoms with Gasteiger partial charge in [0.2, 0.25) is 0 Å². The number of hydrogen-bond donors (Lipinski definition) is 1. The van der Waals surface area contributed by atoms with E-state index in [9.17, 15) is 9.90 Å². The first kappa shape index (κ1) is 13.1. The molecule has 0 amide bonds. The summed E-state index contributed by atoms with van der Waals surface area (Å²) in [5.41, 5.74) is 1.71. The molecule has 0 aliphatic rings. The van der Waals surface area contributed by atoms with Crippen molar-refractivity contribution >= 4 is 28.9 Å². The number of aryl methyl sites for hydroxylation is 1. The van der Waals surface area contributed by atoms with Crippen molar-refractivity contribution in [2.45, 2.75) is 19.3 Å². The Labute approximate surface area is 115 Å². The molecule has 2 aromatic rings. The van der Waals surface area contributed by atoms with Gasteiger partial charge in [0.15, 0.2) is 0 Å². The van der Waals surface area contributed by atoms with Crippen molar-refractivity contribution < 1.29 is 9.90 Å². The van der Waals surface area contributed by atoms with Gasteiger partial charge in [-0.1, -0.05) is 29.8 Å². The van der Waals surface area contributed by atoms with E-state index in [0.29, 0.717) is 11.4 Å². The van der Waals surface area contributed by atoms with Crippen molar-refractivity contribution in [3.63, 3.8) is 0 Å². The van der Waals surface area contributed by atoms with E-state index in [0.717, 1.165) is 16.0 Å². The van der Waals surface area contributed by atoms with Crippen molar-refractivity contribution in [1.82, 2.24) is 0 Å². The second kappa shape index (κ2) is 5.55. The van der Waals surface area contributed by atoms with Gasteiger partial charge in [0, 0.05) is 9.90 Å². The van der Waals surface area contributed by atoms with Crippen molar-refractivity contribution in [2.75, 3.05) is 0 Å². The fourth-order valence-corrected chi connectivity index (χ4v) is 2.74. The summed E-state index contributed by atoms with van der Waals surface area (Å²) >= 11 is 7.63. The highest BCUT2D eigenvalue weighted by atomic mass is 35.5. The van der Waals surface area contributed by atoms with Crippen LogP contribution < -0.4 is 0 Å². The number of carboxylic acid groups (broad SMARTS) is 1. The molecule has 0 fully saturated rings. The van der Waals surface area contributed by atoms with Crippen LogP contribution in [-0.2, 0) is 11.2 Å². The van der Waals surface area contributed by atoms with E-state index in [-0.39, 0.29) is 0 Å². The van der Waals surface area contributed by atoms with Crippen LogP contribution in [0, 0.1) is 6.92 Å². The van der Waals surface area contributed by atoms with Gasteiger partial charge < -0.3 is 5.11 Å². The zero-order valence-electron chi connectivity index (χ0n) is 9.89. The lowest BCUT2D eigenvalue weighted by atomic mass is 9.94. The zero-order chi connectivity index (χ0) is 13.1. The monoisotopic (exact) mass is 280 g/mol. The SMILES string of the molecule is Cc1ccc(C(Cc2cccs2)C(=O)O)cc1Cl. The van der Waals surface area contributed by atoms with E-state index in [1.165, 1.54) is 0 Å². The number of rotatable bonds is 4. The average molecular weight is 281 g/mol. The van der Waals surface area contributed by atoms with Gasteiger partial charge in [0.05, 0.1) is 5.92 Å². The Morgan fingerprint density at radius 3 is 2.78 bits per heavy atom. The molecule has 1 atom stereocenters. The maximum atomic E-state index is 11.4. The van der Waals surface area contributed by atoms with Gasteiger partial charge in [-0.3, -0.25) is 4.79 Å². The van der Waals surface area contributed by atoms with E-state index in [4.69, 9.17) is 11.6 Å². The Hall–Kier alpha value is -1.32. The van der Waals surface area contributed by atoms with Gasteiger partial charge in [-0.15, -0.1) is 11.3 Å². The predicted molar refractivity (Wildman–Crippen MR) is 74.6 cm³/mol. The molecule has 0 aliphatic carbocycles. The smallest absolute Gasteiger partial charge is 0.311 e. The van der Waals surface area contributed by atoms with Crippen LogP contribution in [0.5, 0.6) is 0 Å². The first-order chi connectivity index (χ1) is 8.58. The van der Waals surface area contributed by atoms with Crippen molar-refractivity contribution in [3.8, 4) is 0 Å². The highest BCUT2D eigenvalue weighted by Gasteiger charge is 2.21. The molecule has 1 aromatic carbocycles. The quantitative estimate of drug-likeness (QED) is 0.915. The molecule has 1 unspecified atom stereocenters. The molecule has 0 spiro atoms. The summed E-state index contributed by atoms with van der Waals surface area (Å²) in [4.78, 5) is 12.5. The lowest BCUT2D eigenvalue weighted by Gasteiger charge is -2.12. The minimum Gasteiger partial charge on any atom is -0.481 e. The standard InChI is InChI=1S/C14H13ClO2S/c1-9-4-5-10(7-13(9)15)12(14(16)17)8-11-3-2-6-18-11/h2-7,12H,8H2,1H3,(H,16,17). The Morgan fingerprint density at radius 2 is 2.22 bits per heavy atom. The fourth-order valence-electron chi connectivity index (χ4n) is 1.80. The van der Waals surface area contributed by atoms with Crippen LogP contribution in [0.15, 0.2) is 35.7 Å². The van der Waals surface area contributed by atoms with Crippen molar-refractivity contribution in [2.24, 2.45) is 0 Å². The Balaban J connectivity index is 2.29. The van der Waals surface area contributed by atoms with Gasteiger partial charge in [0.1, 0.15) is 0 Å². The molecule has 2 nitrogen and oxygen atoms in total. The minimum atomic E-state index is -0.816. The van der Waals surface area contributed by atoms with E-state index in [2.05, 4.69) is 0 Å². The Morgan fingerprint density at radius 1 is 1.44 bits per heavy atom. The molecule has 4 heteroatoms. The highest BCUT2D eigenvalue weighted by molar-refractivity contribution is 7.09. The average Bonchev–Trinajstić information content (AvgIpc) is 2.82. The van der Waals surface area contributed by atoms with Crippen LogP contribution in [0.4, 0.5) is 0 Å². The summed E-state index contributed by atoms with van der Waals surface area (Å²) in [6, 6.07) is 9.34. The number of aliphatic carboxylic acids is 1. The number of thiophene rings is 1. The van der Waals surface area contributed by atoms with Gasteiger partial charge in [-0.2, -0.15) is 0 Å². The summed E-state index contributed by atoms with van der Waals surface area (Å²) in [5, 5.41) is 11.9. The van der Waals surface area contributed by atoms with Gasteiger partial charge in [-0.25, -0.2) is 0 Å². The van der Waals surface area contributed by atoms with Crippen LogP contribution in [0.2, 0.25) is 5.02 Å². The van der Waals surface area contributed by atoms with Crippen LogP contribution in [0.1, 0.15) is 21.9 Å². The molecule has 0 aliphatic heterocycles. The molecule has 1 N–H and O–H groups in total. The number of hydrogen-bond acceptors (Lipinski definition) is 2. The molecule has 0 bridgehead atoms. The third kappa shape index (κ3) is 2.92. The summed E-state index contributed by atoms with van der Waals surface area (Å²) < 4.78 is 0. The number of benzene rings is 1. The summed E-state index contributed by atoms with van der Waals surface area (Å²) in [6.45, 7) is 1.90. The first-order valence-corrected chi connectivity index (χ1v) is 6.85. The molecule has 18 heavy (non-hydrogen) atoms. The molecule has 1 heterocycles.